The summed E-state index contributed by atoms with van der Waals surface area (Å²) in [4.78, 5) is 9.85. The summed E-state index contributed by atoms with van der Waals surface area (Å²) >= 11 is 1.79. The van der Waals surface area contributed by atoms with Gasteiger partial charge in [-0.1, -0.05) is 80.6 Å². The predicted octanol–water partition coefficient (Wildman–Crippen LogP) is 8.63. The molecular formula is C30H23N3S. The van der Waals surface area contributed by atoms with E-state index < -0.39 is 0 Å². The Balaban J connectivity index is 0.00000106. The monoisotopic (exact) mass is 457 g/mol. The van der Waals surface area contributed by atoms with Crippen molar-refractivity contribution in [2.45, 2.75) is 13.8 Å². The molecule has 7 aromatic rings. The Kier molecular flexibility index (Phi) is 5.08. The van der Waals surface area contributed by atoms with Crippen molar-refractivity contribution in [3.63, 3.8) is 0 Å². The quantitative estimate of drug-likeness (QED) is 0.260. The Morgan fingerprint density at radius 2 is 1.41 bits per heavy atom. The average Bonchev–Trinajstić information content (AvgIpc) is 3.46. The van der Waals surface area contributed by atoms with E-state index in [1.54, 1.807) is 11.3 Å². The summed E-state index contributed by atoms with van der Waals surface area (Å²) in [7, 11) is 0. The van der Waals surface area contributed by atoms with Gasteiger partial charge in [-0.25, -0.2) is 4.98 Å². The second-order valence-electron chi connectivity index (χ2n) is 7.89. The van der Waals surface area contributed by atoms with E-state index in [1.165, 1.54) is 20.2 Å². The van der Waals surface area contributed by atoms with Crippen molar-refractivity contribution in [1.82, 2.24) is 14.5 Å². The zero-order valence-corrected chi connectivity index (χ0v) is 19.9. The molecule has 0 saturated carbocycles. The fourth-order valence-electron chi connectivity index (χ4n) is 4.74. The molecule has 4 heteroatoms. The molecule has 0 saturated heterocycles. The van der Waals surface area contributed by atoms with Gasteiger partial charge in [0.15, 0.2) is 0 Å². The summed E-state index contributed by atoms with van der Waals surface area (Å²) in [5.41, 5.74) is 5.51. The highest BCUT2D eigenvalue weighted by Gasteiger charge is 2.21. The average molecular weight is 458 g/mol. The SMILES string of the molecule is CC.c1ccc(-c2cccnc2-n2c3ccccc3c3ncc4sc5ccccc5c4c32)cc1. The largest absolute Gasteiger partial charge is 0.291 e. The first-order valence-electron chi connectivity index (χ1n) is 11.6. The minimum absolute atomic E-state index is 0.925. The van der Waals surface area contributed by atoms with Gasteiger partial charge in [-0.2, -0.15) is 0 Å². The van der Waals surface area contributed by atoms with Crippen LogP contribution >= 0.6 is 11.3 Å². The van der Waals surface area contributed by atoms with Gasteiger partial charge in [-0.3, -0.25) is 9.55 Å². The molecular weight excluding hydrogens is 434 g/mol. The molecule has 3 nitrogen and oxygen atoms in total. The maximum absolute atomic E-state index is 4.94. The van der Waals surface area contributed by atoms with Gasteiger partial charge in [-0.05, 0) is 29.8 Å². The van der Waals surface area contributed by atoms with Gasteiger partial charge in [-0.15, -0.1) is 11.3 Å². The van der Waals surface area contributed by atoms with Crippen LogP contribution in [0.2, 0.25) is 0 Å². The molecule has 0 spiro atoms. The van der Waals surface area contributed by atoms with Gasteiger partial charge < -0.3 is 0 Å². The van der Waals surface area contributed by atoms with Gasteiger partial charge in [0.25, 0.3) is 0 Å². The third kappa shape index (κ3) is 3.03. The lowest BCUT2D eigenvalue weighted by atomic mass is 10.1. The first-order valence-corrected chi connectivity index (χ1v) is 12.4. The molecule has 0 unspecified atom stereocenters. The topological polar surface area (TPSA) is 30.7 Å². The summed E-state index contributed by atoms with van der Waals surface area (Å²) in [6.45, 7) is 4.00. The normalized spacial score (nSPS) is 11.2. The Hall–Kier alpha value is -4.02. The Morgan fingerprint density at radius 3 is 2.26 bits per heavy atom. The number of pyridine rings is 2. The molecule has 0 atom stereocenters. The standard InChI is InChI=1S/C28H17N3S.C2H6/c1-2-9-18(10-3-1)19-13-8-16-29-28(19)31-22-14-6-4-11-20(22)26-27(31)25-21-12-5-7-15-23(21)32-24(25)17-30-26;1-2/h1-17H;1-2H3. The van der Waals surface area contributed by atoms with Gasteiger partial charge in [0.2, 0.25) is 0 Å². The highest BCUT2D eigenvalue weighted by molar-refractivity contribution is 7.26. The summed E-state index contributed by atoms with van der Waals surface area (Å²) in [5.74, 6) is 0.925. The van der Waals surface area contributed by atoms with E-state index in [1.807, 2.05) is 38.4 Å². The smallest absolute Gasteiger partial charge is 0.145 e. The molecule has 4 heterocycles. The van der Waals surface area contributed by atoms with Crippen LogP contribution in [0.4, 0.5) is 0 Å². The molecule has 0 N–H and O–H groups in total. The Morgan fingerprint density at radius 1 is 0.676 bits per heavy atom. The molecule has 0 aliphatic rings. The minimum atomic E-state index is 0.925. The second kappa shape index (κ2) is 8.40. The zero-order valence-electron chi connectivity index (χ0n) is 19.1. The van der Waals surface area contributed by atoms with E-state index in [9.17, 15) is 0 Å². The van der Waals surface area contributed by atoms with E-state index in [-0.39, 0.29) is 0 Å². The highest BCUT2D eigenvalue weighted by Crippen LogP contribution is 2.42. The van der Waals surface area contributed by atoms with Crippen molar-refractivity contribution in [3.8, 4) is 16.9 Å². The summed E-state index contributed by atoms with van der Waals surface area (Å²) in [6, 6.07) is 31.8. The molecule has 7 rings (SSSR count). The zero-order chi connectivity index (χ0) is 23.1. The van der Waals surface area contributed by atoms with Crippen LogP contribution in [-0.4, -0.2) is 14.5 Å². The Bertz CT molecular complexity index is 1780. The van der Waals surface area contributed by atoms with Crippen LogP contribution in [0, 0.1) is 0 Å². The van der Waals surface area contributed by atoms with Gasteiger partial charge >= 0.3 is 0 Å². The number of aromatic nitrogens is 3. The molecule has 164 valence electrons. The molecule has 0 fully saturated rings. The summed E-state index contributed by atoms with van der Waals surface area (Å²) < 4.78 is 4.78. The molecule has 34 heavy (non-hydrogen) atoms. The molecule has 3 aromatic carbocycles. The van der Waals surface area contributed by atoms with Crippen LogP contribution in [0.25, 0.3) is 59.1 Å². The number of benzene rings is 3. The lowest BCUT2D eigenvalue weighted by molar-refractivity contribution is 1.09. The van der Waals surface area contributed by atoms with Crippen LogP contribution in [0.3, 0.4) is 0 Å². The molecule has 0 bridgehead atoms. The summed E-state index contributed by atoms with van der Waals surface area (Å²) in [5, 5.41) is 3.65. The van der Waals surface area contributed by atoms with Crippen LogP contribution in [-0.2, 0) is 0 Å². The first-order chi connectivity index (χ1) is 16.9. The maximum atomic E-state index is 4.94. The van der Waals surface area contributed by atoms with Crippen molar-refractivity contribution in [3.05, 3.63) is 103 Å². The van der Waals surface area contributed by atoms with Gasteiger partial charge in [0.05, 0.1) is 21.3 Å². The first kappa shape index (κ1) is 20.6. The second-order valence-corrected chi connectivity index (χ2v) is 8.97. The predicted molar refractivity (Wildman–Crippen MR) is 146 cm³/mol. The fourth-order valence-corrected chi connectivity index (χ4v) is 5.82. The molecule has 4 aromatic heterocycles. The number of hydrogen-bond donors (Lipinski definition) is 0. The molecule has 0 aliphatic heterocycles. The number of para-hydroxylation sites is 1. The van der Waals surface area contributed by atoms with Crippen LogP contribution in [0.1, 0.15) is 13.8 Å². The molecule has 0 radical (unpaired) electrons. The van der Waals surface area contributed by atoms with Gasteiger partial charge in [0.1, 0.15) is 5.82 Å². The number of fused-ring (bicyclic) bond motifs is 7. The molecule has 0 aliphatic carbocycles. The number of thiophene rings is 1. The van der Waals surface area contributed by atoms with E-state index >= 15 is 0 Å². The minimum Gasteiger partial charge on any atom is -0.291 e. The van der Waals surface area contributed by atoms with E-state index in [2.05, 4.69) is 83.4 Å². The number of rotatable bonds is 2. The molecule has 0 amide bonds. The third-order valence-corrected chi connectivity index (χ3v) is 7.21. The van der Waals surface area contributed by atoms with Crippen LogP contribution < -0.4 is 0 Å². The van der Waals surface area contributed by atoms with Gasteiger partial charge in [0, 0.05) is 38.8 Å². The van der Waals surface area contributed by atoms with Crippen molar-refractivity contribution in [2.75, 3.05) is 0 Å². The summed E-state index contributed by atoms with van der Waals surface area (Å²) in [6.07, 6.45) is 3.90. The Labute approximate surface area is 202 Å². The number of nitrogens with zero attached hydrogens (tertiary/aromatic N) is 3. The fraction of sp³-hybridized carbons (Fsp3) is 0.0667. The van der Waals surface area contributed by atoms with E-state index in [4.69, 9.17) is 9.97 Å². The van der Waals surface area contributed by atoms with Crippen molar-refractivity contribution in [1.29, 1.82) is 0 Å². The van der Waals surface area contributed by atoms with E-state index in [0.29, 0.717) is 0 Å². The third-order valence-electron chi connectivity index (χ3n) is 6.10. The van der Waals surface area contributed by atoms with Crippen molar-refractivity contribution < 1.29 is 0 Å². The highest BCUT2D eigenvalue weighted by atomic mass is 32.1. The maximum Gasteiger partial charge on any atom is 0.145 e. The van der Waals surface area contributed by atoms with Crippen molar-refractivity contribution in [2.24, 2.45) is 0 Å². The lowest BCUT2D eigenvalue weighted by Crippen LogP contribution is -2.00. The van der Waals surface area contributed by atoms with Crippen molar-refractivity contribution >= 4 is 53.4 Å². The number of hydrogen-bond acceptors (Lipinski definition) is 3. The lowest BCUT2D eigenvalue weighted by Gasteiger charge is -2.13. The van der Waals surface area contributed by atoms with E-state index in [0.717, 1.165) is 38.9 Å². The van der Waals surface area contributed by atoms with Crippen LogP contribution in [0.15, 0.2) is 103 Å². The van der Waals surface area contributed by atoms with Crippen LogP contribution in [0.5, 0.6) is 0 Å².